The second kappa shape index (κ2) is 5.53. The van der Waals surface area contributed by atoms with Crippen LogP contribution in [0.25, 0.3) is 11.3 Å². The van der Waals surface area contributed by atoms with Crippen molar-refractivity contribution in [3.05, 3.63) is 47.8 Å². The van der Waals surface area contributed by atoms with Gasteiger partial charge in [0.2, 0.25) is 0 Å². The highest BCUT2D eigenvalue weighted by atomic mass is 15.1. The zero-order valence-electron chi connectivity index (χ0n) is 12.8. The van der Waals surface area contributed by atoms with E-state index in [0.29, 0.717) is 12.5 Å². The molecule has 106 valence electrons. The van der Waals surface area contributed by atoms with Gasteiger partial charge in [-0.25, -0.2) is 4.98 Å². The Balaban J connectivity index is 2.62. The third-order valence-corrected chi connectivity index (χ3v) is 3.36. The van der Waals surface area contributed by atoms with Gasteiger partial charge in [0.1, 0.15) is 17.3 Å². The van der Waals surface area contributed by atoms with Gasteiger partial charge in [0, 0.05) is 18.0 Å². The van der Waals surface area contributed by atoms with Crippen LogP contribution >= 0.6 is 0 Å². The highest BCUT2D eigenvalue weighted by Gasteiger charge is 2.17. The van der Waals surface area contributed by atoms with E-state index in [9.17, 15) is 0 Å². The maximum atomic E-state index is 6.31. The number of anilines is 1. The van der Waals surface area contributed by atoms with Crippen molar-refractivity contribution < 1.29 is 0 Å². The van der Waals surface area contributed by atoms with Crippen LogP contribution in [0, 0.1) is 13.8 Å². The molecule has 1 heterocycles. The van der Waals surface area contributed by atoms with Crippen LogP contribution in [0.2, 0.25) is 0 Å². The largest absolute Gasteiger partial charge is 0.383 e. The molecule has 0 spiro atoms. The molecule has 0 radical (unpaired) electrons. The third-order valence-electron chi connectivity index (χ3n) is 3.36. The molecule has 0 aliphatic heterocycles. The lowest BCUT2D eigenvalue weighted by atomic mass is 10.1. The lowest BCUT2D eigenvalue weighted by molar-refractivity contribution is 0.684. The van der Waals surface area contributed by atoms with E-state index in [1.165, 1.54) is 11.1 Å². The Morgan fingerprint density at radius 3 is 2.35 bits per heavy atom. The maximum Gasteiger partial charge on any atom is 0.132 e. The van der Waals surface area contributed by atoms with E-state index in [-0.39, 0.29) is 0 Å². The summed E-state index contributed by atoms with van der Waals surface area (Å²) in [7, 11) is 0. The Kier molecular flexibility index (Phi) is 3.98. The molecule has 20 heavy (non-hydrogen) atoms. The molecule has 0 aliphatic rings. The molecule has 0 unspecified atom stereocenters. The molecule has 0 atom stereocenters. The van der Waals surface area contributed by atoms with Gasteiger partial charge in [-0.3, -0.25) is 0 Å². The van der Waals surface area contributed by atoms with Crippen LogP contribution in [0.1, 0.15) is 36.7 Å². The molecule has 1 aromatic carbocycles. The number of nitrogens with two attached hydrogens (primary N) is 1. The Labute approximate surface area is 121 Å². The summed E-state index contributed by atoms with van der Waals surface area (Å²) in [6, 6.07) is 6.42. The molecule has 0 aliphatic carbocycles. The summed E-state index contributed by atoms with van der Waals surface area (Å²) in [6.45, 7) is 12.9. The number of rotatable bonds is 4. The first-order chi connectivity index (χ1) is 9.43. The van der Waals surface area contributed by atoms with Crippen LogP contribution < -0.4 is 5.73 Å². The third kappa shape index (κ3) is 2.62. The van der Waals surface area contributed by atoms with Crippen LogP contribution in [-0.4, -0.2) is 9.55 Å². The minimum atomic E-state index is 0.330. The first-order valence-corrected chi connectivity index (χ1v) is 6.99. The maximum absolute atomic E-state index is 6.31. The fourth-order valence-electron chi connectivity index (χ4n) is 2.57. The molecule has 0 saturated heterocycles. The average Bonchev–Trinajstić information content (AvgIpc) is 2.67. The quantitative estimate of drug-likeness (QED) is 0.851. The van der Waals surface area contributed by atoms with Gasteiger partial charge in [-0.2, -0.15) is 0 Å². The van der Waals surface area contributed by atoms with Crippen LogP contribution in [0.5, 0.6) is 0 Å². The molecule has 0 saturated carbocycles. The lowest BCUT2D eigenvalue weighted by Crippen LogP contribution is -2.07. The molecular formula is C17H23N3. The van der Waals surface area contributed by atoms with Crippen molar-refractivity contribution in [1.82, 2.24) is 9.55 Å². The number of allylic oxidation sites excluding steroid dienone is 1. The van der Waals surface area contributed by atoms with Crippen LogP contribution in [0.3, 0.4) is 0 Å². The second-order valence-corrected chi connectivity index (χ2v) is 5.63. The molecule has 0 bridgehead atoms. The van der Waals surface area contributed by atoms with Gasteiger partial charge < -0.3 is 10.3 Å². The standard InChI is InChI=1S/C17H23N3/c1-6-7-20-16(18)15(19-17(20)11(2)3)14-9-12(4)8-13(5)10-14/h6,8-11H,1,7,18H2,2-5H3. The van der Waals surface area contributed by atoms with E-state index in [2.05, 4.69) is 52.5 Å². The summed E-state index contributed by atoms with van der Waals surface area (Å²) < 4.78 is 2.05. The summed E-state index contributed by atoms with van der Waals surface area (Å²) in [5.74, 6) is 2.06. The summed E-state index contributed by atoms with van der Waals surface area (Å²) in [5.41, 5.74) is 10.7. The van der Waals surface area contributed by atoms with E-state index in [4.69, 9.17) is 10.7 Å². The van der Waals surface area contributed by atoms with E-state index in [1.807, 2.05) is 10.6 Å². The molecular weight excluding hydrogens is 246 g/mol. The SMILES string of the molecule is C=CCn1c(C(C)C)nc(-c2cc(C)cc(C)c2)c1N. The summed E-state index contributed by atoms with van der Waals surface area (Å²) in [6.07, 6.45) is 1.86. The number of imidazole rings is 1. The highest BCUT2D eigenvalue weighted by molar-refractivity contribution is 5.72. The number of nitrogen functional groups attached to an aromatic ring is 1. The average molecular weight is 269 g/mol. The first kappa shape index (κ1) is 14.4. The molecule has 1 aromatic heterocycles. The van der Waals surface area contributed by atoms with Gasteiger partial charge in [0.25, 0.3) is 0 Å². The minimum absolute atomic E-state index is 0.330. The predicted octanol–water partition coefficient (Wildman–Crippen LogP) is 4.06. The van der Waals surface area contributed by atoms with Crippen LogP contribution in [0.4, 0.5) is 5.82 Å². The number of nitrogens with zero attached hydrogens (tertiary/aromatic N) is 2. The Hall–Kier alpha value is -2.03. The van der Waals surface area contributed by atoms with Gasteiger partial charge >= 0.3 is 0 Å². The lowest BCUT2D eigenvalue weighted by Gasteiger charge is -2.09. The smallest absolute Gasteiger partial charge is 0.132 e. The van der Waals surface area contributed by atoms with Gasteiger partial charge in [0.05, 0.1) is 0 Å². The van der Waals surface area contributed by atoms with E-state index >= 15 is 0 Å². The van der Waals surface area contributed by atoms with Crippen LogP contribution in [0.15, 0.2) is 30.9 Å². The van der Waals surface area contributed by atoms with Gasteiger partial charge in [-0.15, -0.1) is 6.58 Å². The number of hydrogen-bond donors (Lipinski definition) is 1. The minimum Gasteiger partial charge on any atom is -0.383 e. The zero-order chi connectivity index (χ0) is 14.9. The highest BCUT2D eigenvalue weighted by Crippen LogP contribution is 2.30. The monoisotopic (exact) mass is 269 g/mol. The van der Waals surface area contributed by atoms with Crippen molar-refractivity contribution in [2.75, 3.05) is 5.73 Å². The molecule has 0 amide bonds. The molecule has 2 N–H and O–H groups in total. The number of hydrogen-bond acceptors (Lipinski definition) is 2. The fraction of sp³-hybridized carbons (Fsp3) is 0.353. The number of aryl methyl sites for hydroxylation is 2. The zero-order valence-corrected chi connectivity index (χ0v) is 12.8. The van der Waals surface area contributed by atoms with Crippen molar-refractivity contribution in [2.45, 2.75) is 40.2 Å². The number of aromatic nitrogens is 2. The van der Waals surface area contributed by atoms with Crippen molar-refractivity contribution in [3.63, 3.8) is 0 Å². The van der Waals surface area contributed by atoms with Gasteiger partial charge in [-0.05, 0) is 26.0 Å². The molecule has 2 aromatic rings. The van der Waals surface area contributed by atoms with Crippen molar-refractivity contribution in [3.8, 4) is 11.3 Å². The molecule has 2 rings (SSSR count). The van der Waals surface area contributed by atoms with Crippen molar-refractivity contribution in [1.29, 1.82) is 0 Å². The number of benzene rings is 1. The topological polar surface area (TPSA) is 43.8 Å². The summed E-state index contributed by atoms with van der Waals surface area (Å²) >= 11 is 0. The van der Waals surface area contributed by atoms with Gasteiger partial charge in [-0.1, -0.05) is 37.1 Å². The Bertz CT molecular complexity index is 616. The molecule has 0 fully saturated rings. The summed E-state index contributed by atoms with van der Waals surface area (Å²) in [5, 5.41) is 0. The Morgan fingerprint density at radius 2 is 1.85 bits per heavy atom. The molecule has 3 nitrogen and oxygen atoms in total. The molecule has 3 heteroatoms. The van der Waals surface area contributed by atoms with Crippen molar-refractivity contribution >= 4 is 5.82 Å². The fourth-order valence-corrected chi connectivity index (χ4v) is 2.57. The first-order valence-electron chi connectivity index (χ1n) is 6.99. The summed E-state index contributed by atoms with van der Waals surface area (Å²) in [4.78, 5) is 4.77. The predicted molar refractivity (Wildman–Crippen MR) is 85.8 cm³/mol. The van der Waals surface area contributed by atoms with Crippen LogP contribution in [-0.2, 0) is 6.54 Å². The Morgan fingerprint density at radius 1 is 1.25 bits per heavy atom. The van der Waals surface area contributed by atoms with E-state index in [0.717, 1.165) is 22.9 Å². The van der Waals surface area contributed by atoms with E-state index < -0.39 is 0 Å². The van der Waals surface area contributed by atoms with E-state index in [1.54, 1.807) is 0 Å². The second-order valence-electron chi connectivity index (χ2n) is 5.63. The van der Waals surface area contributed by atoms with Gasteiger partial charge in [0.15, 0.2) is 0 Å². The normalized spacial score (nSPS) is 11.1. The van der Waals surface area contributed by atoms with Crippen molar-refractivity contribution in [2.24, 2.45) is 0 Å².